The molecule has 1 aromatic carbocycles. The third-order valence-corrected chi connectivity index (χ3v) is 6.71. The van der Waals surface area contributed by atoms with Gasteiger partial charge in [0.2, 0.25) is 0 Å². The Balaban J connectivity index is 1.89. The van der Waals surface area contributed by atoms with Crippen molar-refractivity contribution in [1.29, 1.82) is 0 Å². The zero-order valence-corrected chi connectivity index (χ0v) is 12.9. The monoisotopic (exact) mass is 289 g/mol. The Morgan fingerprint density at radius 2 is 2.20 bits per heavy atom. The van der Waals surface area contributed by atoms with Gasteiger partial charge in [0.25, 0.3) is 0 Å². The number of piperidine rings is 1. The maximum Gasteiger partial charge on any atom is 0.129 e. The van der Waals surface area contributed by atoms with Crippen LogP contribution >= 0.6 is 11.8 Å². The van der Waals surface area contributed by atoms with E-state index in [1.165, 1.54) is 43.2 Å². The number of aromatic hydroxyl groups is 1. The van der Waals surface area contributed by atoms with Crippen LogP contribution < -0.4 is 5.32 Å². The second kappa shape index (κ2) is 4.67. The van der Waals surface area contributed by atoms with Crippen molar-refractivity contribution in [2.24, 2.45) is 5.92 Å². The Kier molecular flexibility index (Phi) is 3.04. The van der Waals surface area contributed by atoms with Crippen molar-refractivity contribution in [2.75, 3.05) is 12.8 Å². The van der Waals surface area contributed by atoms with Crippen LogP contribution in [0.3, 0.4) is 0 Å². The van der Waals surface area contributed by atoms with Gasteiger partial charge in [0.1, 0.15) is 5.75 Å². The van der Waals surface area contributed by atoms with Gasteiger partial charge in [-0.15, -0.1) is 11.8 Å². The third kappa shape index (κ3) is 1.69. The van der Waals surface area contributed by atoms with E-state index in [-0.39, 0.29) is 0 Å². The molecule has 1 aliphatic heterocycles. The molecule has 2 fully saturated rings. The van der Waals surface area contributed by atoms with Crippen LogP contribution in [-0.2, 0) is 11.8 Å². The van der Waals surface area contributed by atoms with E-state index in [1.807, 2.05) is 6.26 Å². The van der Waals surface area contributed by atoms with Gasteiger partial charge < -0.3 is 10.4 Å². The summed E-state index contributed by atoms with van der Waals surface area (Å²) in [4.78, 5) is 1.03. The minimum absolute atomic E-state index is 0.357. The van der Waals surface area contributed by atoms with Gasteiger partial charge in [-0.1, -0.05) is 12.8 Å². The van der Waals surface area contributed by atoms with Gasteiger partial charge in [-0.2, -0.15) is 0 Å². The van der Waals surface area contributed by atoms with Gasteiger partial charge in [-0.25, -0.2) is 0 Å². The zero-order chi connectivity index (χ0) is 13.7. The highest BCUT2D eigenvalue weighted by Crippen LogP contribution is 2.55. The van der Waals surface area contributed by atoms with Crippen molar-refractivity contribution in [3.63, 3.8) is 0 Å². The summed E-state index contributed by atoms with van der Waals surface area (Å²) in [5, 5.41) is 14.1. The first-order valence-electron chi connectivity index (χ1n) is 7.88. The molecule has 3 heteroatoms. The fourth-order valence-corrected chi connectivity index (χ4v) is 5.64. The molecule has 2 bridgehead atoms. The molecular weight excluding hydrogens is 266 g/mol. The number of phenolic OH excluding ortho intramolecular Hbond substituents is 1. The van der Waals surface area contributed by atoms with Crippen LogP contribution in [0.1, 0.15) is 43.2 Å². The summed E-state index contributed by atoms with van der Waals surface area (Å²) >= 11 is 1.65. The lowest BCUT2D eigenvalue weighted by Gasteiger charge is -2.56. The molecule has 3 aliphatic rings. The number of nitrogens with one attached hydrogen (secondary N) is 1. The lowest BCUT2D eigenvalue weighted by atomic mass is 9.53. The van der Waals surface area contributed by atoms with E-state index in [0.717, 1.165) is 23.8 Å². The molecule has 0 radical (unpaired) electrons. The van der Waals surface area contributed by atoms with Gasteiger partial charge >= 0.3 is 0 Å². The van der Waals surface area contributed by atoms with Crippen molar-refractivity contribution in [2.45, 2.75) is 54.9 Å². The van der Waals surface area contributed by atoms with Crippen molar-refractivity contribution >= 4 is 11.8 Å². The van der Waals surface area contributed by atoms with E-state index < -0.39 is 0 Å². The van der Waals surface area contributed by atoms with Crippen LogP contribution in [0.15, 0.2) is 17.0 Å². The number of thioether (sulfide) groups is 1. The Morgan fingerprint density at radius 3 is 3.05 bits per heavy atom. The minimum atomic E-state index is 0.357. The summed E-state index contributed by atoms with van der Waals surface area (Å²) in [6, 6.07) is 5.03. The highest BCUT2D eigenvalue weighted by Gasteiger charge is 2.51. The molecule has 0 spiro atoms. The predicted octanol–water partition coefficient (Wildman–Crippen LogP) is 3.46. The van der Waals surface area contributed by atoms with Gasteiger partial charge in [-0.05, 0) is 67.7 Å². The molecule has 1 aromatic rings. The van der Waals surface area contributed by atoms with Crippen molar-refractivity contribution < 1.29 is 5.11 Å². The van der Waals surface area contributed by atoms with Crippen LogP contribution in [0.25, 0.3) is 0 Å². The zero-order valence-electron chi connectivity index (χ0n) is 12.1. The molecule has 108 valence electrons. The SMILES string of the molecule is CSc1cc2c(cc1O)[C@@]13CCCC[C@H]1[C@@H](C2)NCC3. The van der Waals surface area contributed by atoms with Crippen LogP contribution in [0.5, 0.6) is 5.75 Å². The lowest BCUT2D eigenvalue weighted by Crippen LogP contribution is -2.59. The number of rotatable bonds is 1. The van der Waals surface area contributed by atoms with E-state index in [2.05, 4.69) is 17.4 Å². The first-order valence-corrected chi connectivity index (χ1v) is 9.11. The fraction of sp³-hybridized carbons (Fsp3) is 0.647. The molecule has 2 N–H and O–H groups in total. The first-order chi connectivity index (χ1) is 9.74. The van der Waals surface area contributed by atoms with Crippen molar-refractivity contribution in [3.05, 3.63) is 23.3 Å². The van der Waals surface area contributed by atoms with Gasteiger partial charge in [-0.3, -0.25) is 0 Å². The molecule has 1 saturated heterocycles. The molecule has 1 saturated carbocycles. The van der Waals surface area contributed by atoms with Crippen molar-refractivity contribution in [3.8, 4) is 5.75 Å². The molecule has 3 atom stereocenters. The Hall–Kier alpha value is -0.670. The number of phenols is 1. The molecule has 0 aromatic heterocycles. The molecule has 0 amide bonds. The molecule has 1 heterocycles. The maximum atomic E-state index is 10.3. The van der Waals surface area contributed by atoms with Crippen LogP contribution in [-0.4, -0.2) is 23.9 Å². The van der Waals surface area contributed by atoms with Crippen LogP contribution in [0.2, 0.25) is 0 Å². The van der Waals surface area contributed by atoms with E-state index in [0.29, 0.717) is 17.2 Å². The standard InChI is InChI=1S/C17H23NOS/c1-20-16-9-11-8-14-12-4-2-3-5-17(12,6-7-18-14)13(11)10-15(16)19/h9-10,12,14,18-19H,2-8H2,1H3/t12-,14+,17+/m0/s1. The highest BCUT2D eigenvalue weighted by atomic mass is 32.2. The Bertz CT molecular complexity index is 540. The highest BCUT2D eigenvalue weighted by molar-refractivity contribution is 7.98. The number of hydrogen-bond donors (Lipinski definition) is 2. The molecule has 0 unspecified atom stereocenters. The summed E-state index contributed by atoms with van der Waals surface area (Å²) in [7, 11) is 0. The maximum absolute atomic E-state index is 10.3. The first kappa shape index (κ1) is 13.0. The van der Waals surface area contributed by atoms with Gasteiger partial charge in [0.15, 0.2) is 0 Å². The van der Waals surface area contributed by atoms with Gasteiger partial charge in [0, 0.05) is 16.4 Å². The van der Waals surface area contributed by atoms with Crippen molar-refractivity contribution in [1.82, 2.24) is 5.32 Å². The second-order valence-electron chi connectivity index (χ2n) is 6.70. The minimum Gasteiger partial charge on any atom is -0.507 e. The average molecular weight is 289 g/mol. The normalized spacial score (nSPS) is 35.2. The number of hydrogen-bond acceptors (Lipinski definition) is 3. The second-order valence-corrected chi connectivity index (χ2v) is 7.55. The quantitative estimate of drug-likeness (QED) is 0.777. The molecule has 4 rings (SSSR count). The predicted molar refractivity (Wildman–Crippen MR) is 83.6 cm³/mol. The molecule has 20 heavy (non-hydrogen) atoms. The lowest BCUT2D eigenvalue weighted by molar-refractivity contribution is 0.0794. The fourth-order valence-electron chi connectivity index (χ4n) is 5.11. The van der Waals surface area contributed by atoms with Gasteiger partial charge in [0.05, 0.1) is 0 Å². The van der Waals surface area contributed by atoms with E-state index in [4.69, 9.17) is 0 Å². The molecule has 2 aliphatic carbocycles. The summed E-state index contributed by atoms with van der Waals surface area (Å²) in [6.07, 6.45) is 9.87. The van der Waals surface area contributed by atoms with Crippen LogP contribution in [0.4, 0.5) is 0 Å². The van der Waals surface area contributed by atoms with Crippen LogP contribution in [0, 0.1) is 5.92 Å². The summed E-state index contributed by atoms with van der Waals surface area (Å²) in [5.74, 6) is 1.28. The van der Waals surface area contributed by atoms with E-state index >= 15 is 0 Å². The smallest absolute Gasteiger partial charge is 0.129 e. The summed E-state index contributed by atoms with van der Waals surface area (Å²) in [5.41, 5.74) is 3.33. The molecule has 2 nitrogen and oxygen atoms in total. The topological polar surface area (TPSA) is 32.3 Å². The van der Waals surface area contributed by atoms with E-state index in [1.54, 1.807) is 11.8 Å². The third-order valence-electron chi connectivity index (χ3n) is 5.94. The Labute approximate surface area is 125 Å². The van der Waals surface area contributed by atoms with E-state index in [9.17, 15) is 5.11 Å². The largest absolute Gasteiger partial charge is 0.507 e. The summed E-state index contributed by atoms with van der Waals surface area (Å²) < 4.78 is 0. The average Bonchev–Trinajstić information content (AvgIpc) is 2.48. The Morgan fingerprint density at radius 1 is 1.30 bits per heavy atom. The number of fused-ring (bicyclic) bond motifs is 1. The summed E-state index contributed by atoms with van der Waals surface area (Å²) in [6.45, 7) is 1.14. The molecular formula is C17H23NOS. The number of benzene rings is 1.